The summed E-state index contributed by atoms with van der Waals surface area (Å²) in [6, 6.07) is 4.70. The van der Waals surface area contributed by atoms with E-state index >= 15 is 0 Å². The Morgan fingerprint density at radius 2 is 2.00 bits per heavy atom. The van der Waals surface area contributed by atoms with E-state index < -0.39 is 18.0 Å². The van der Waals surface area contributed by atoms with Gasteiger partial charge in [-0.2, -0.15) is 0 Å². The number of halogens is 1. The van der Waals surface area contributed by atoms with Gasteiger partial charge in [-0.15, -0.1) is 0 Å². The number of aryl methyl sites for hydroxylation is 2. The number of hydrogen-bond acceptors (Lipinski definition) is 6. The van der Waals surface area contributed by atoms with Gasteiger partial charge in [-0.3, -0.25) is 4.79 Å². The van der Waals surface area contributed by atoms with Gasteiger partial charge in [-0.25, -0.2) is 4.79 Å². The van der Waals surface area contributed by atoms with Crippen molar-refractivity contribution in [3.63, 3.8) is 0 Å². The lowest BCUT2D eigenvalue weighted by molar-refractivity contribution is -0.123. The Labute approximate surface area is 143 Å². The second kappa shape index (κ2) is 7.35. The molecule has 24 heavy (non-hydrogen) atoms. The highest BCUT2D eigenvalue weighted by molar-refractivity contribution is 6.31. The minimum atomic E-state index is -1.04. The minimum absolute atomic E-state index is 0.0629. The summed E-state index contributed by atoms with van der Waals surface area (Å²) in [5, 5.41) is 6.76. The van der Waals surface area contributed by atoms with Crippen molar-refractivity contribution in [2.24, 2.45) is 0 Å². The summed E-state index contributed by atoms with van der Waals surface area (Å²) in [6.07, 6.45) is -1.04. The summed E-state index contributed by atoms with van der Waals surface area (Å²) in [5.74, 6) is -0.937. The number of ether oxygens (including phenoxy) is 2. The lowest BCUT2D eigenvalue weighted by Crippen LogP contribution is -2.30. The molecule has 128 valence electrons. The molecule has 1 atom stereocenters. The molecule has 0 aliphatic carbocycles. The molecule has 0 saturated carbocycles. The molecule has 8 heteroatoms. The average Bonchev–Trinajstić information content (AvgIpc) is 2.97. The number of anilines is 1. The number of rotatable bonds is 5. The molecule has 2 rings (SSSR count). The second-order valence-corrected chi connectivity index (χ2v) is 5.58. The van der Waals surface area contributed by atoms with E-state index in [1.165, 1.54) is 20.1 Å². The Balaban J connectivity index is 2.06. The van der Waals surface area contributed by atoms with Crippen molar-refractivity contribution in [3.8, 4) is 5.75 Å². The first-order chi connectivity index (χ1) is 11.3. The van der Waals surface area contributed by atoms with Crippen LogP contribution < -0.4 is 10.1 Å². The van der Waals surface area contributed by atoms with Crippen molar-refractivity contribution in [1.82, 2.24) is 5.16 Å². The van der Waals surface area contributed by atoms with Gasteiger partial charge in [0.05, 0.1) is 18.5 Å². The Morgan fingerprint density at radius 1 is 1.29 bits per heavy atom. The van der Waals surface area contributed by atoms with Crippen LogP contribution in [0.15, 0.2) is 22.7 Å². The van der Waals surface area contributed by atoms with Crippen molar-refractivity contribution in [2.45, 2.75) is 26.9 Å². The van der Waals surface area contributed by atoms with Gasteiger partial charge in [0, 0.05) is 17.2 Å². The van der Waals surface area contributed by atoms with E-state index in [1.54, 1.807) is 26.0 Å². The van der Waals surface area contributed by atoms with E-state index in [0.717, 1.165) is 5.56 Å². The summed E-state index contributed by atoms with van der Waals surface area (Å²) < 4.78 is 15.0. The first-order valence-corrected chi connectivity index (χ1v) is 7.49. The van der Waals surface area contributed by atoms with Gasteiger partial charge in [0.2, 0.25) is 5.76 Å². The van der Waals surface area contributed by atoms with Gasteiger partial charge in [0.1, 0.15) is 5.75 Å². The number of amides is 1. The number of nitrogens with zero attached hydrogens (tertiary/aromatic N) is 1. The highest BCUT2D eigenvalue weighted by Gasteiger charge is 2.22. The van der Waals surface area contributed by atoms with E-state index in [2.05, 4.69) is 10.5 Å². The van der Waals surface area contributed by atoms with Crippen LogP contribution in [0.3, 0.4) is 0 Å². The van der Waals surface area contributed by atoms with Gasteiger partial charge in [-0.1, -0.05) is 16.8 Å². The first kappa shape index (κ1) is 17.8. The van der Waals surface area contributed by atoms with Gasteiger partial charge in [0.25, 0.3) is 5.91 Å². The molecule has 7 nitrogen and oxygen atoms in total. The third kappa shape index (κ3) is 4.05. The van der Waals surface area contributed by atoms with Crippen LogP contribution in [0.4, 0.5) is 5.69 Å². The number of aromatic nitrogens is 1. The lowest BCUT2D eigenvalue weighted by atomic mass is 10.2. The topological polar surface area (TPSA) is 90.7 Å². The van der Waals surface area contributed by atoms with Gasteiger partial charge in [0.15, 0.2) is 6.10 Å². The SMILES string of the molecule is COc1cc(Cl)c(C)cc1NC(=O)[C@@H](C)OC(=O)c1cc(C)no1. The van der Waals surface area contributed by atoms with Crippen LogP contribution in [0.1, 0.15) is 28.7 Å². The molecule has 1 aromatic heterocycles. The van der Waals surface area contributed by atoms with E-state index in [4.69, 9.17) is 25.6 Å². The zero-order valence-corrected chi connectivity index (χ0v) is 14.4. The summed E-state index contributed by atoms with van der Waals surface area (Å²) in [4.78, 5) is 24.1. The van der Waals surface area contributed by atoms with Crippen LogP contribution in [0, 0.1) is 13.8 Å². The molecule has 1 amide bonds. The van der Waals surface area contributed by atoms with Crippen molar-refractivity contribution >= 4 is 29.2 Å². The smallest absolute Gasteiger partial charge is 0.377 e. The third-order valence-electron chi connectivity index (χ3n) is 3.22. The van der Waals surface area contributed by atoms with Crippen LogP contribution >= 0.6 is 11.6 Å². The predicted octanol–water partition coefficient (Wildman–Crippen LogP) is 3.14. The number of esters is 1. The average molecular weight is 353 g/mol. The molecule has 1 N–H and O–H groups in total. The predicted molar refractivity (Wildman–Crippen MR) is 87.5 cm³/mol. The quantitative estimate of drug-likeness (QED) is 0.831. The molecule has 1 heterocycles. The minimum Gasteiger partial charge on any atom is -0.495 e. The Morgan fingerprint density at radius 3 is 2.58 bits per heavy atom. The van der Waals surface area contributed by atoms with Crippen molar-refractivity contribution < 1.29 is 23.6 Å². The number of carbonyl (C=O) groups excluding carboxylic acids is 2. The van der Waals surface area contributed by atoms with E-state index in [0.29, 0.717) is 22.2 Å². The number of benzene rings is 1. The maximum Gasteiger partial charge on any atom is 0.377 e. The van der Waals surface area contributed by atoms with Gasteiger partial charge < -0.3 is 19.3 Å². The van der Waals surface area contributed by atoms with Crippen LogP contribution in [0.2, 0.25) is 5.02 Å². The summed E-state index contributed by atoms with van der Waals surface area (Å²) >= 11 is 6.02. The van der Waals surface area contributed by atoms with Crippen molar-refractivity contribution in [2.75, 3.05) is 12.4 Å². The van der Waals surface area contributed by atoms with Crippen LogP contribution in [0.25, 0.3) is 0 Å². The highest BCUT2D eigenvalue weighted by Crippen LogP contribution is 2.31. The fourth-order valence-corrected chi connectivity index (χ4v) is 2.05. The molecule has 0 fully saturated rings. The van der Waals surface area contributed by atoms with Gasteiger partial charge in [-0.05, 0) is 32.4 Å². The van der Waals surface area contributed by atoms with Crippen molar-refractivity contribution in [1.29, 1.82) is 0 Å². The maximum atomic E-state index is 12.2. The number of methoxy groups -OCH3 is 1. The fourth-order valence-electron chi connectivity index (χ4n) is 1.90. The van der Waals surface area contributed by atoms with Crippen LogP contribution in [-0.4, -0.2) is 30.2 Å². The first-order valence-electron chi connectivity index (χ1n) is 7.11. The van der Waals surface area contributed by atoms with Crippen LogP contribution in [0.5, 0.6) is 5.75 Å². The molecule has 1 aromatic carbocycles. The standard InChI is InChI=1S/C16H17ClN2O5/c1-8-5-12(13(22-4)7-11(8)17)18-15(20)10(3)23-16(21)14-6-9(2)19-24-14/h5-7,10H,1-4H3,(H,18,20)/t10-/m1/s1. The zero-order chi connectivity index (χ0) is 17.9. The fraction of sp³-hybridized carbons (Fsp3) is 0.312. The van der Waals surface area contributed by atoms with Gasteiger partial charge >= 0.3 is 5.97 Å². The summed E-state index contributed by atoms with van der Waals surface area (Å²) in [5.41, 5.74) is 1.75. The molecule has 2 aromatic rings. The zero-order valence-electron chi connectivity index (χ0n) is 13.7. The highest BCUT2D eigenvalue weighted by atomic mass is 35.5. The number of carbonyl (C=O) groups is 2. The molecule has 0 aliphatic heterocycles. The summed E-state index contributed by atoms with van der Waals surface area (Å²) in [7, 11) is 1.46. The number of hydrogen-bond donors (Lipinski definition) is 1. The molecule has 0 aliphatic rings. The van der Waals surface area contributed by atoms with Crippen LogP contribution in [-0.2, 0) is 9.53 Å². The molecule has 0 radical (unpaired) electrons. The molecule has 0 bridgehead atoms. The van der Waals surface area contributed by atoms with E-state index in [1.807, 2.05) is 0 Å². The Bertz CT molecular complexity index is 772. The molecule has 0 unspecified atom stereocenters. The summed E-state index contributed by atoms with van der Waals surface area (Å²) in [6.45, 7) is 4.92. The molecule has 0 spiro atoms. The monoisotopic (exact) mass is 352 g/mol. The molecular weight excluding hydrogens is 336 g/mol. The normalized spacial score (nSPS) is 11.7. The third-order valence-corrected chi connectivity index (χ3v) is 3.63. The molecular formula is C16H17ClN2O5. The largest absolute Gasteiger partial charge is 0.495 e. The van der Waals surface area contributed by atoms with E-state index in [9.17, 15) is 9.59 Å². The second-order valence-electron chi connectivity index (χ2n) is 5.17. The molecule has 0 saturated heterocycles. The Kier molecular flexibility index (Phi) is 5.46. The lowest BCUT2D eigenvalue weighted by Gasteiger charge is -2.15. The Hall–Kier alpha value is -2.54. The van der Waals surface area contributed by atoms with Crippen molar-refractivity contribution in [3.05, 3.63) is 40.2 Å². The van der Waals surface area contributed by atoms with E-state index in [-0.39, 0.29) is 5.76 Å². The number of nitrogens with one attached hydrogen (secondary N) is 1. The maximum absolute atomic E-state index is 12.2.